The molecule has 0 aliphatic carbocycles. The molecule has 7 nitrogen and oxygen atoms in total. The molecule has 1 aliphatic rings. The number of amides is 3. The van der Waals surface area contributed by atoms with Crippen LogP contribution in [0.25, 0.3) is 11.3 Å². The van der Waals surface area contributed by atoms with Gasteiger partial charge in [0.05, 0.1) is 5.69 Å². The highest BCUT2D eigenvalue weighted by molar-refractivity contribution is 5.95. The van der Waals surface area contributed by atoms with Crippen molar-refractivity contribution in [2.75, 3.05) is 18.4 Å². The Labute approximate surface area is 152 Å². The average molecular weight is 353 g/mol. The molecule has 0 radical (unpaired) electrons. The first-order chi connectivity index (χ1) is 12.5. The van der Waals surface area contributed by atoms with Crippen LogP contribution >= 0.6 is 0 Å². The molecule has 136 valence electrons. The van der Waals surface area contributed by atoms with Gasteiger partial charge in [0, 0.05) is 30.5 Å². The van der Waals surface area contributed by atoms with Gasteiger partial charge in [-0.15, -0.1) is 0 Å². The molecular weight excluding hydrogens is 330 g/mol. The van der Waals surface area contributed by atoms with E-state index in [1.165, 1.54) is 0 Å². The molecule has 0 spiro atoms. The van der Waals surface area contributed by atoms with Crippen LogP contribution in [-0.4, -0.2) is 45.9 Å². The molecular formula is C19H23N5O2. The predicted molar refractivity (Wildman–Crippen MR) is 99.6 cm³/mol. The zero-order valence-electron chi connectivity index (χ0n) is 15.2. The number of carbonyl (C=O) groups is 2. The summed E-state index contributed by atoms with van der Waals surface area (Å²) < 4.78 is 0. The number of nitrogens with zero attached hydrogens (tertiary/aromatic N) is 3. The first kappa shape index (κ1) is 17.8. The van der Waals surface area contributed by atoms with E-state index >= 15 is 0 Å². The standard InChI is InChI=1S/C19H23N5O2/c1-12(2)17-18(25)21-9-10-24(17)19(26)23-15-6-4-5-14(11-15)16-7-8-20-13(3)22-16/h4-8,11-12,17H,9-10H2,1-3H3,(H,21,25)(H,23,26)/t17-/m1/s1. The predicted octanol–water partition coefficient (Wildman–Crippen LogP) is 2.44. The van der Waals surface area contributed by atoms with Crippen molar-refractivity contribution in [2.24, 2.45) is 5.92 Å². The molecule has 3 amide bonds. The van der Waals surface area contributed by atoms with E-state index in [1.807, 2.05) is 51.1 Å². The lowest BCUT2D eigenvalue weighted by Gasteiger charge is -2.37. The van der Waals surface area contributed by atoms with Crippen molar-refractivity contribution in [3.05, 3.63) is 42.4 Å². The van der Waals surface area contributed by atoms with E-state index in [9.17, 15) is 9.59 Å². The van der Waals surface area contributed by atoms with E-state index in [1.54, 1.807) is 11.1 Å². The van der Waals surface area contributed by atoms with Gasteiger partial charge in [0.15, 0.2) is 0 Å². The summed E-state index contributed by atoms with van der Waals surface area (Å²) in [5, 5.41) is 5.73. The quantitative estimate of drug-likeness (QED) is 0.887. The van der Waals surface area contributed by atoms with E-state index in [2.05, 4.69) is 20.6 Å². The SMILES string of the molecule is Cc1nccc(-c2cccc(NC(=O)N3CCNC(=O)[C@H]3C(C)C)c2)n1. The van der Waals surface area contributed by atoms with Gasteiger partial charge in [-0.2, -0.15) is 0 Å². The zero-order chi connectivity index (χ0) is 18.7. The number of benzene rings is 1. The summed E-state index contributed by atoms with van der Waals surface area (Å²) >= 11 is 0. The minimum atomic E-state index is -0.462. The molecule has 2 heterocycles. The van der Waals surface area contributed by atoms with Crippen LogP contribution < -0.4 is 10.6 Å². The molecule has 2 aromatic rings. The van der Waals surface area contributed by atoms with Crippen molar-refractivity contribution >= 4 is 17.6 Å². The van der Waals surface area contributed by atoms with Gasteiger partial charge in [-0.25, -0.2) is 14.8 Å². The Kier molecular flexibility index (Phi) is 5.16. The molecule has 0 unspecified atom stereocenters. The lowest BCUT2D eigenvalue weighted by atomic mass is 10.00. The lowest BCUT2D eigenvalue weighted by Crippen LogP contribution is -2.60. The highest BCUT2D eigenvalue weighted by Crippen LogP contribution is 2.22. The van der Waals surface area contributed by atoms with Gasteiger partial charge in [-0.05, 0) is 31.0 Å². The third-order valence-corrected chi connectivity index (χ3v) is 4.33. The van der Waals surface area contributed by atoms with Gasteiger partial charge in [-0.1, -0.05) is 26.0 Å². The first-order valence-electron chi connectivity index (χ1n) is 8.71. The molecule has 7 heteroatoms. The number of piperazine rings is 1. The summed E-state index contributed by atoms with van der Waals surface area (Å²) in [6, 6.07) is 8.59. The van der Waals surface area contributed by atoms with Crippen LogP contribution in [-0.2, 0) is 4.79 Å². The van der Waals surface area contributed by atoms with Crippen LogP contribution in [0.5, 0.6) is 0 Å². The second-order valence-corrected chi connectivity index (χ2v) is 6.67. The minimum Gasteiger partial charge on any atom is -0.353 e. The zero-order valence-corrected chi connectivity index (χ0v) is 15.2. The second-order valence-electron chi connectivity index (χ2n) is 6.67. The summed E-state index contributed by atoms with van der Waals surface area (Å²) in [5.74, 6) is 0.624. The molecule has 1 atom stereocenters. The Balaban J connectivity index is 1.79. The van der Waals surface area contributed by atoms with Crippen molar-refractivity contribution in [3.8, 4) is 11.3 Å². The van der Waals surface area contributed by atoms with Gasteiger partial charge in [0.1, 0.15) is 11.9 Å². The summed E-state index contributed by atoms with van der Waals surface area (Å²) in [4.78, 5) is 35.0. The lowest BCUT2D eigenvalue weighted by molar-refractivity contribution is -0.129. The van der Waals surface area contributed by atoms with Crippen molar-refractivity contribution in [2.45, 2.75) is 26.8 Å². The number of hydrogen-bond acceptors (Lipinski definition) is 4. The van der Waals surface area contributed by atoms with E-state index < -0.39 is 6.04 Å². The van der Waals surface area contributed by atoms with Crippen LogP contribution in [0.1, 0.15) is 19.7 Å². The second kappa shape index (κ2) is 7.51. The van der Waals surface area contributed by atoms with E-state index in [-0.39, 0.29) is 17.9 Å². The highest BCUT2D eigenvalue weighted by atomic mass is 16.2. The molecule has 2 N–H and O–H groups in total. The van der Waals surface area contributed by atoms with Gasteiger partial charge in [-0.3, -0.25) is 4.79 Å². The highest BCUT2D eigenvalue weighted by Gasteiger charge is 2.35. The summed E-state index contributed by atoms with van der Waals surface area (Å²) in [5.41, 5.74) is 2.35. The number of rotatable bonds is 3. The van der Waals surface area contributed by atoms with Gasteiger partial charge < -0.3 is 15.5 Å². The summed E-state index contributed by atoms with van der Waals surface area (Å²) in [6.45, 7) is 6.67. The van der Waals surface area contributed by atoms with Gasteiger partial charge >= 0.3 is 6.03 Å². The summed E-state index contributed by atoms with van der Waals surface area (Å²) in [6.07, 6.45) is 1.71. The molecule has 1 aromatic heterocycles. The van der Waals surface area contributed by atoms with Crippen molar-refractivity contribution in [3.63, 3.8) is 0 Å². The fourth-order valence-corrected chi connectivity index (χ4v) is 3.14. The Morgan fingerprint density at radius 1 is 1.35 bits per heavy atom. The minimum absolute atomic E-state index is 0.0383. The smallest absolute Gasteiger partial charge is 0.322 e. The Morgan fingerprint density at radius 3 is 2.88 bits per heavy atom. The Hall–Kier alpha value is -2.96. The molecule has 26 heavy (non-hydrogen) atoms. The molecule has 0 bridgehead atoms. The largest absolute Gasteiger partial charge is 0.353 e. The molecule has 1 aliphatic heterocycles. The Bertz CT molecular complexity index is 821. The number of hydrogen-bond donors (Lipinski definition) is 2. The van der Waals surface area contributed by atoms with Crippen LogP contribution in [0.3, 0.4) is 0 Å². The number of aryl methyl sites for hydroxylation is 1. The topological polar surface area (TPSA) is 87.2 Å². The van der Waals surface area contributed by atoms with Gasteiger partial charge in [0.25, 0.3) is 0 Å². The number of anilines is 1. The van der Waals surface area contributed by atoms with Crippen LogP contribution in [0.15, 0.2) is 36.5 Å². The van der Waals surface area contributed by atoms with E-state index in [0.29, 0.717) is 24.6 Å². The fourth-order valence-electron chi connectivity index (χ4n) is 3.14. The third kappa shape index (κ3) is 3.82. The first-order valence-corrected chi connectivity index (χ1v) is 8.71. The number of carbonyl (C=O) groups excluding carboxylic acids is 2. The van der Waals surface area contributed by atoms with Crippen LogP contribution in [0, 0.1) is 12.8 Å². The van der Waals surface area contributed by atoms with E-state index in [4.69, 9.17) is 0 Å². The van der Waals surface area contributed by atoms with Crippen LogP contribution in [0.2, 0.25) is 0 Å². The molecule has 1 aromatic carbocycles. The van der Waals surface area contributed by atoms with Crippen molar-refractivity contribution < 1.29 is 9.59 Å². The molecule has 1 saturated heterocycles. The maximum Gasteiger partial charge on any atom is 0.322 e. The van der Waals surface area contributed by atoms with Crippen molar-refractivity contribution in [1.82, 2.24) is 20.2 Å². The maximum absolute atomic E-state index is 12.7. The Morgan fingerprint density at radius 2 is 2.15 bits per heavy atom. The monoisotopic (exact) mass is 353 g/mol. The molecule has 0 saturated carbocycles. The summed E-state index contributed by atoms with van der Waals surface area (Å²) in [7, 11) is 0. The van der Waals surface area contributed by atoms with Gasteiger partial charge in [0.2, 0.25) is 5.91 Å². The normalized spacial score (nSPS) is 17.2. The number of nitrogens with one attached hydrogen (secondary N) is 2. The van der Waals surface area contributed by atoms with E-state index in [0.717, 1.165) is 11.3 Å². The fraction of sp³-hybridized carbons (Fsp3) is 0.368. The van der Waals surface area contributed by atoms with Crippen molar-refractivity contribution in [1.29, 1.82) is 0 Å². The number of aromatic nitrogens is 2. The maximum atomic E-state index is 12.7. The van der Waals surface area contributed by atoms with Crippen LogP contribution in [0.4, 0.5) is 10.5 Å². The average Bonchev–Trinajstić information content (AvgIpc) is 2.61. The number of urea groups is 1. The molecule has 1 fully saturated rings. The molecule has 3 rings (SSSR count). The third-order valence-electron chi connectivity index (χ3n) is 4.33.